The highest BCUT2D eigenvalue weighted by Gasteiger charge is 2.35. The number of carbonyl (C=O) groups is 1. The second-order valence-corrected chi connectivity index (χ2v) is 7.59. The molecule has 1 fully saturated rings. The average Bonchev–Trinajstić information content (AvgIpc) is 2.75. The van der Waals surface area contributed by atoms with Gasteiger partial charge in [0.2, 0.25) is 0 Å². The predicted molar refractivity (Wildman–Crippen MR) is 82.8 cm³/mol. The molecule has 0 aliphatic carbocycles. The van der Waals surface area contributed by atoms with Crippen molar-refractivity contribution in [2.75, 3.05) is 23.8 Å². The fourth-order valence-electron chi connectivity index (χ4n) is 2.37. The summed E-state index contributed by atoms with van der Waals surface area (Å²) in [5.41, 5.74) is 6.33. The van der Waals surface area contributed by atoms with Crippen molar-refractivity contribution >= 4 is 33.0 Å². The van der Waals surface area contributed by atoms with Crippen molar-refractivity contribution in [3.8, 4) is 12.3 Å². The molecular weight excluding hydrogens is 312 g/mol. The number of rotatable bonds is 3. The van der Waals surface area contributed by atoms with Crippen molar-refractivity contribution < 1.29 is 13.2 Å². The third kappa shape index (κ3) is 3.49. The van der Waals surface area contributed by atoms with Crippen LogP contribution in [0.3, 0.4) is 0 Å². The van der Waals surface area contributed by atoms with Crippen LogP contribution in [0, 0.1) is 12.3 Å². The standard InChI is InChI=1S/C14H15ClN2O3S/c1-2-6-17(11-5-7-21(19,20)9-11)14(18)12-4-3-10(15)8-13(12)16/h1,3-4,8,11H,5-7,9,16H2. The Morgan fingerprint density at radius 2 is 2.24 bits per heavy atom. The third-order valence-electron chi connectivity index (χ3n) is 3.42. The van der Waals surface area contributed by atoms with E-state index >= 15 is 0 Å². The summed E-state index contributed by atoms with van der Waals surface area (Å²) in [6, 6.07) is 4.15. The van der Waals surface area contributed by atoms with E-state index in [1.54, 1.807) is 6.07 Å². The summed E-state index contributed by atoms with van der Waals surface area (Å²) in [6.07, 6.45) is 5.69. The Morgan fingerprint density at radius 1 is 1.52 bits per heavy atom. The first kappa shape index (κ1) is 15.7. The van der Waals surface area contributed by atoms with Crippen LogP contribution in [0.5, 0.6) is 0 Å². The van der Waals surface area contributed by atoms with Gasteiger partial charge in [-0.2, -0.15) is 0 Å². The number of halogens is 1. The van der Waals surface area contributed by atoms with Crippen LogP contribution in [0.25, 0.3) is 0 Å². The van der Waals surface area contributed by atoms with Crippen molar-refractivity contribution in [1.82, 2.24) is 4.90 Å². The van der Waals surface area contributed by atoms with Crippen molar-refractivity contribution in [1.29, 1.82) is 0 Å². The van der Waals surface area contributed by atoms with Crippen molar-refractivity contribution in [2.24, 2.45) is 0 Å². The number of nitrogens with two attached hydrogens (primary N) is 1. The second-order valence-electron chi connectivity index (χ2n) is 4.93. The summed E-state index contributed by atoms with van der Waals surface area (Å²) in [4.78, 5) is 14.0. The minimum Gasteiger partial charge on any atom is -0.398 e. The number of hydrogen-bond donors (Lipinski definition) is 1. The van der Waals surface area contributed by atoms with Crippen molar-refractivity contribution in [3.63, 3.8) is 0 Å². The van der Waals surface area contributed by atoms with Gasteiger partial charge in [0.05, 0.1) is 23.6 Å². The van der Waals surface area contributed by atoms with E-state index in [1.165, 1.54) is 17.0 Å². The molecule has 1 saturated heterocycles. The second kappa shape index (κ2) is 5.96. The molecule has 0 saturated carbocycles. The number of nitrogens with zero attached hydrogens (tertiary/aromatic N) is 1. The number of hydrogen-bond acceptors (Lipinski definition) is 4. The normalized spacial score (nSPS) is 19.9. The van der Waals surface area contributed by atoms with Gasteiger partial charge < -0.3 is 10.6 Å². The number of nitrogen functional groups attached to an aromatic ring is 1. The van der Waals surface area contributed by atoms with Crippen molar-refractivity contribution in [3.05, 3.63) is 28.8 Å². The van der Waals surface area contributed by atoms with Gasteiger partial charge in [-0.05, 0) is 24.6 Å². The van der Waals surface area contributed by atoms with Gasteiger partial charge >= 0.3 is 0 Å². The molecule has 1 unspecified atom stereocenters. The summed E-state index contributed by atoms with van der Waals surface area (Å²) in [5.74, 6) is 2.04. The van der Waals surface area contributed by atoms with E-state index in [0.717, 1.165) is 0 Å². The Bertz CT molecular complexity index is 709. The lowest BCUT2D eigenvalue weighted by molar-refractivity contribution is 0.0725. The quantitative estimate of drug-likeness (QED) is 0.668. The van der Waals surface area contributed by atoms with Gasteiger partial charge in [-0.3, -0.25) is 4.79 Å². The maximum Gasteiger partial charge on any atom is 0.257 e. The number of benzene rings is 1. The molecular formula is C14H15ClN2O3S. The molecule has 0 radical (unpaired) electrons. The SMILES string of the molecule is C#CCN(C(=O)c1ccc(Cl)cc1N)C1CCS(=O)(=O)C1. The number of terminal acetylenes is 1. The Morgan fingerprint density at radius 3 is 2.76 bits per heavy atom. The van der Waals surface area contributed by atoms with E-state index in [-0.39, 0.29) is 35.2 Å². The molecule has 1 aliphatic heterocycles. The Balaban J connectivity index is 2.30. The lowest BCUT2D eigenvalue weighted by Gasteiger charge is -2.26. The molecule has 1 amide bonds. The summed E-state index contributed by atoms with van der Waals surface area (Å²) < 4.78 is 23.2. The first-order valence-electron chi connectivity index (χ1n) is 6.34. The third-order valence-corrected chi connectivity index (χ3v) is 5.40. The smallest absolute Gasteiger partial charge is 0.257 e. The van der Waals surface area contributed by atoms with Crippen molar-refractivity contribution in [2.45, 2.75) is 12.5 Å². The Hall–Kier alpha value is -1.71. The van der Waals surface area contributed by atoms with E-state index in [0.29, 0.717) is 11.4 Å². The molecule has 112 valence electrons. The highest BCUT2D eigenvalue weighted by molar-refractivity contribution is 7.91. The van der Waals surface area contributed by atoms with Gasteiger partial charge in [-0.15, -0.1) is 6.42 Å². The Labute approximate surface area is 129 Å². The average molecular weight is 327 g/mol. The summed E-state index contributed by atoms with van der Waals surface area (Å²) in [6.45, 7) is 0.0427. The largest absolute Gasteiger partial charge is 0.398 e. The lowest BCUT2D eigenvalue weighted by atomic mass is 10.1. The number of sulfone groups is 1. The summed E-state index contributed by atoms with van der Waals surface area (Å²) >= 11 is 5.81. The van der Waals surface area contributed by atoms with E-state index < -0.39 is 15.9 Å². The van der Waals surface area contributed by atoms with Gasteiger partial charge in [0.25, 0.3) is 5.91 Å². The van der Waals surface area contributed by atoms with E-state index in [9.17, 15) is 13.2 Å². The summed E-state index contributed by atoms with van der Waals surface area (Å²) in [5, 5.41) is 0.427. The van der Waals surface area contributed by atoms with Gasteiger partial charge in [0.1, 0.15) is 0 Å². The lowest BCUT2D eigenvalue weighted by Crippen LogP contribution is -2.41. The molecule has 1 aromatic rings. The minimum absolute atomic E-state index is 0.0427. The van der Waals surface area contributed by atoms with Gasteiger partial charge in [0, 0.05) is 16.8 Å². The molecule has 1 aliphatic rings. The zero-order valence-electron chi connectivity index (χ0n) is 11.3. The maximum absolute atomic E-state index is 12.6. The molecule has 1 heterocycles. The zero-order chi connectivity index (χ0) is 15.6. The monoisotopic (exact) mass is 326 g/mol. The summed E-state index contributed by atoms with van der Waals surface area (Å²) in [7, 11) is -3.11. The molecule has 0 aromatic heterocycles. The highest BCUT2D eigenvalue weighted by Crippen LogP contribution is 2.23. The number of anilines is 1. The van der Waals surface area contributed by atoms with Crippen LogP contribution in [-0.4, -0.2) is 43.3 Å². The number of carbonyl (C=O) groups excluding carboxylic acids is 1. The van der Waals surface area contributed by atoms with Crippen LogP contribution in [0.15, 0.2) is 18.2 Å². The molecule has 0 bridgehead atoms. The molecule has 1 atom stereocenters. The molecule has 7 heteroatoms. The zero-order valence-corrected chi connectivity index (χ0v) is 12.8. The van der Waals surface area contributed by atoms with E-state index in [2.05, 4.69) is 5.92 Å². The molecule has 21 heavy (non-hydrogen) atoms. The molecule has 0 spiro atoms. The Kier molecular flexibility index (Phi) is 4.45. The number of amides is 1. The van der Waals surface area contributed by atoms with E-state index in [4.69, 9.17) is 23.8 Å². The van der Waals surface area contributed by atoms with E-state index in [1.807, 2.05) is 0 Å². The maximum atomic E-state index is 12.6. The van der Waals surface area contributed by atoms with Crippen LogP contribution in [0.1, 0.15) is 16.8 Å². The van der Waals surface area contributed by atoms with Crippen LogP contribution in [0.2, 0.25) is 5.02 Å². The first-order valence-corrected chi connectivity index (χ1v) is 8.54. The molecule has 5 nitrogen and oxygen atoms in total. The topological polar surface area (TPSA) is 80.5 Å². The van der Waals surface area contributed by atoms with Crippen LogP contribution >= 0.6 is 11.6 Å². The van der Waals surface area contributed by atoms with Crippen LogP contribution in [0.4, 0.5) is 5.69 Å². The molecule has 1 aromatic carbocycles. The molecule has 2 N–H and O–H groups in total. The van der Waals surface area contributed by atoms with Gasteiger partial charge in [0.15, 0.2) is 9.84 Å². The first-order chi connectivity index (χ1) is 9.84. The van der Waals surface area contributed by atoms with Crippen LogP contribution < -0.4 is 5.73 Å². The minimum atomic E-state index is -3.11. The highest BCUT2D eigenvalue weighted by atomic mass is 35.5. The predicted octanol–water partition coefficient (Wildman–Crippen LogP) is 1.18. The van der Waals surface area contributed by atoms with Gasteiger partial charge in [-0.1, -0.05) is 17.5 Å². The fraction of sp³-hybridized carbons (Fsp3) is 0.357. The van der Waals surface area contributed by atoms with Crippen LogP contribution in [-0.2, 0) is 9.84 Å². The fourth-order valence-corrected chi connectivity index (χ4v) is 4.28. The van der Waals surface area contributed by atoms with Gasteiger partial charge in [-0.25, -0.2) is 8.42 Å². The molecule has 2 rings (SSSR count).